The summed E-state index contributed by atoms with van der Waals surface area (Å²) in [4.78, 5) is 2.47. The van der Waals surface area contributed by atoms with E-state index in [0.29, 0.717) is 22.5 Å². The molecule has 1 aromatic carbocycles. The Morgan fingerprint density at radius 1 is 1.38 bits per heavy atom. The van der Waals surface area contributed by atoms with Gasteiger partial charge in [-0.25, -0.2) is 0 Å². The van der Waals surface area contributed by atoms with Crippen LogP contribution < -0.4 is 0 Å². The van der Waals surface area contributed by atoms with Gasteiger partial charge in [-0.1, -0.05) is 52.9 Å². The van der Waals surface area contributed by atoms with Crippen molar-refractivity contribution in [3.63, 3.8) is 0 Å². The quantitative estimate of drug-likeness (QED) is 0.679. The zero-order valence-corrected chi connectivity index (χ0v) is 11.7. The minimum atomic E-state index is 0.306. The highest BCUT2D eigenvalue weighted by Crippen LogP contribution is 2.30. The Balaban J connectivity index is 2.02. The van der Waals surface area contributed by atoms with Crippen LogP contribution in [-0.4, -0.2) is 33.1 Å². The van der Waals surface area contributed by atoms with Crippen LogP contribution in [0.1, 0.15) is 12.5 Å². The highest BCUT2D eigenvalue weighted by atomic mass is 127. The molecule has 1 aromatic rings. The molecule has 0 aliphatic carbocycles. The molecule has 1 fully saturated rings. The van der Waals surface area contributed by atoms with Crippen molar-refractivity contribution < 1.29 is 5.11 Å². The second-order valence-corrected chi connectivity index (χ2v) is 6.12. The predicted molar refractivity (Wildman–Crippen MR) is 74.7 cm³/mol. The van der Waals surface area contributed by atoms with Crippen molar-refractivity contribution in [1.29, 1.82) is 0 Å². The topological polar surface area (TPSA) is 23.5 Å². The molecule has 3 atom stereocenters. The summed E-state index contributed by atoms with van der Waals surface area (Å²) in [6, 6.07) is 11.0. The van der Waals surface area contributed by atoms with E-state index >= 15 is 0 Å². The van der Waals surface area contributed by atoms with E-state index in [-0.39, 0.29) is 0 Å². The van der Waals surface area contributed by atoms with Crippen molar-refractivity contribution in [3.05, 3.63) is 35.9 Å². The Labute approximate surface area is 111 Å². The SMILES string of the molecule is CC1C(CO)C(I)CN1Cc1ccccc1. The Hall–Kier alpha value is -0.130. The summed E-state index contributed by atoms with van der Waals surface area (Å²) in [5.74, 6) is 0.421. The number of aliphatic hydroxyl groups is 1. The molecule has 0 bridgehead atoms. The first-order valence-electron chi connectivity index (χ1n) is 5.75. The van der Waals surface area contributed by atoms with E-state index in [1.807, 2.05) is 0 Å². The van der Waals surface area contributed by atoms with Gasteiger partial charge in [-0.2, -0.15) is 0 Å². The van der Waals surface area contributed by atoms with Crippen LogP contribution >= 0.6 is 22.6 Å². The van der Waals surface area contributed by atoms with Crippen LogP contribution in [0.4, 0.5) is 0 Å². The second kappa shape index (κ2) is 5.47. The molecule has 0 spiro atoms. The molecule has 0 saturated carbocycles. The summed E-state index contributed by atoms with van der Waals surface area (Å²) >= 11 is 2.47. The lowest BCUT2D eigenvalue weighted by Gasteiger charge is -2.23. The first-order chi connectivity index (χ1) is 7.72. The van der Waals surface area contributed by atoms with Gasteiger partial charge >= 0.3 is 0 Å². The van der Waals surface area contributed by atoms with Crippen molar-refractivity contribution in [2.24, 2.45) is 5.92 Å². The van der Waals surface area contributed by atoms with E-state index in [1.165, 1.54) is 5.56 Å². The van der Waals surface area contributed by atoms with Crippen LogP contribution in [0.2, 0.25) is 0 Å². The predicted octanol–water partition coefficient (Wildman–Crippen LogP) is 2.30. The number of benzene rings is 1. The maximum absolute atomic E-state index is 9.36. The van der Waals surface area contributed by atoms with Crippen LogP contribution in [0.15, 0.2) is 30.3 Å². The minimum Gasteiger partial charge on any atom is -0.396 e. The highest BCUT2D eigenvalue weighted by molar-refractivity contribution is 14.1. The molecule has 1 heterocycles. The van der Waals surface area contributed by atoms with Crippen molar-refractivity contribution in [1.82, 2.24) is 4.90 Å². The fourth-order valence-corrected chi connectivity index (χ4v) is 3.73. The van der Waals surface area contributed by atoms with Gasteiger partial charge in [-0.05, 0) is 12.5 Å². The molecule has 1 N–H and O–H groups in total. The Morgan fingerprint density at radius 2 is 2.06 bits per heavy atom. The van der Waals surface area contributed by atoms with E-state index < -0.39 is 0 Å². The molecule has 2 nitrogen and oxygen atoms in total. The molecular weight excluding hydrogens is 313 g/mol. The Morgan fingerprint density at radius 3 is 2.62 bits per heavy atom. The first-order valence-corrected chi connectivity index (χ1v) is 7.00. The molecule has 0 radical (unpaired) electrons. The molecule has 3 heteroatoms. The third-order valence-electron chi connectivity index (χ3n) is 3.51. The summed E-state index contributed by atoms with van der Waals surface area (Å²) < 4.78 is 0.571. The monoisotopic (exact) mass is 331 g/mol. The summed E-state index contributed by atoms with van der Waals surface area (Å²) in [5, 5.41) is 9.36. The van der Waals surface area contributed by atoms with Crippen LogP contribution in [0.5, 0.6) is 0 Å². The number of hydrogen-bond donors (Lipinski definition) is 1. The normalized spacial score (nSPS) is 30.8. The maximum Gasteiger partial charge on any atom is 0.0484 e. The van der Waals surface area contributed by atoms with Gasteiger partial charge in [-0.3, -0.25) is 4.90 Å². The summed E-state index contributed by atoms with van der Waals surface area (Å²) in [5.41, 5.74) is 1.36. The maximum atomic E-state index is 9.36. The van der Waals surface area contributed by atoms with Gasteiger partial charge in [0.1, 0.15) is 0 Å². The number of rotatable bonds is 3. The number of hydrogen-bond acceptors (Lipinski definition) is 2. The van der Waals surface area contributed by atoms with Gasteiger partial charge in [-0.15, -0.1) is 0 Å². The molecule has 1 saturated heterocycles. The number of likely N-dealkylation sites (tertiary alicyclic amines) is 1. The summed E-state index contributed by atoms with van der Waals surface area (Å²) in [7, 11) is 0. The zero-order chi connectivity index (χ0) is 11.5. The number of nitrogens with zero attached hydrogens (tertiary/aromatic N) is 1. The van der Waals surface area contributed by atoms with Crippen molar-refractivity contribution in [2.45, 2.75) is 23.4 Å². The molecule has 3 unspecified atom stereocenters. The van der Waals surface area contributed by atoms with Crippen molar-refractivity contribution in [2.75, 3.05) is 13.2 Å². The number of aliphatic hydroxyl groups excluding tert-OH is 1. The smallest absolute Gasteiger partial charge is 0.0484 e. The largest absolute Gasteiger partial charge is 0.396 e. The molecule has 0 aromatic heterocycles. The van der Waals surface area contributed by atoms with Gasteiger partial charge in [0.25, 0.3) is 0 Å². The zero-order valence-electron chi connectivity index (χ0n) is 9.51. The number of halogens is 1. The molecular formula is C13H18INO. The van der Waals surface area contributed by atoms with Crippen LogP contribution in [0, 0.1) is 5.92 Å². The van der Waals surface area contributed by atoms with E-state index in [9.17, 15) is 5.11 Å². The van der Waals surface area contributed by atoms with Crippen LogP contribution in [0.25, 0.3) is 0 Å². The molecule has 1 aliphatic rings. The van der Waals surface area contributed by atoms with Crippen molar-refractivity contribution >= 4 is 22.6 Å². The molecule has 88 valence electrons. The number of alkyl halides is 1. The third-order valence-corrected chi connectivity index (χ3v) is 4.83. The average Bonchev–Trinajstić information content (AvgIpc) is 2.55. The van der Waals surface area contributed by atoms with Gasteiger partial charge in [0.05, 0.1) is 0 Å². The van der Waals surface area contributed by atoms with Gasteiger partial charge in [0.2, 0.25) is 0 Å². The fraction of sp³-hybridized carbons (Fsp3) is 0.538. The van der Waals surface area contributed by atoms with Gasteiger partial charge in [0.15, 0.2) is 0 Å². The Kier molecular flexibility index (Phi) is 4.21. The Bertz CT molecular complexity index is 330. The standard InChI is InChI=1S/C13H18INO/c1-10-12(9-16)13(14)8-15(10)7-11-5-3-2-4-6-11/h2-6,10,12-13,16H,7-9H2,1H3. The molecule has 1 aliphatic heterocycles. The third kappa shape index (κ3) is 2.57. The summed E-state index contributed by atoms with van der Waals surface area (Å²) in [6.07, 6.45) is 0. The van der Waals surface area contributed by atoms with Crippen molar-refractivity contribution in [3.8, 4) is 0 Å². The highest BCUT2D eigenvalue weighted by Gasteiger charge is 2.36. The van der Waals surface area contributed by atoms with E-state index in [0.717, 1.165) is 13.1 Å². The van der Waals surface area contributed by atoms with E-state index in [2.05, 4.69) is 64.7 Å². The summed E-state index contributed by atoms with van der Waals surface area (Å²) in [6.45, 7) is 4.61. The average molecular weight is 331 g/mol. The lowest BCUT2D eigenvalue weighted by Crippen LogP contribution is -2.30. The fourth-order valence-electron chi connectivity index (χ4n) is 2.39. The van der Waals surface area contributed by atoms with E-state index in [1.54, 1.807) is 0 Å². The molecule has 2 rings (SSSR count). The van der Waals surface area contributed by atoms with E-state index in [4.69, 9.17) is 0 Å². The van der Waals surface area contributed by atoms with Gasteiger partial charge < -0.3 is 5.11 Å². The van der Waals surface area contributed by atoms with Crippen LogP contribution in [-0.2, 0) is 6.54 Å². The first kappa shape index (κ1) is 12.3. The van der Waals surface area contributed by atoms with Gasteiger partial charge in [0, 0.05) is 35.6 Å². The second-order valence-electron chi connectivity index (χ2n) is 4.52. The van der Waals surface area contributed by atoms with Crippen LogP contribution in [0.3, 0.4) is 0 Å². The minimum absolute atomic E-state index is 0.306. The molecule has 0 amide bonds. The lowest BCUT2D eigenvalue weighted by atomic mass is 10.0. The lowest BCUT2D eigenvalue weighted by molar-refractivity contribution is 0.174. The molecule has 16 heavy (non-hydrogen) atoms.